The lowest BCUT2D eigenvalue weighted by molar-refractivity contribution is -0.192. The molecule has 1 saturated carbocycles. The van der Waals surface area contributed by atoms with E-state index in [1.807, 2.05) is 0 Å². The molecule has 1 aliphatic carbocycles. The van der Waals surface area contributed by atoms with E-state index in [1.165, 1.54) is 58.2 Å². The number of ether oxygens (including phenoxy) is 1. The van der Waals surface area contributed by atoms with Gasteiger partial charge in [-0.25, -0.2) is 0 Å². The highest BCUT2D eigenvalue weighted by atomic mass is 16.5. The fraction of sp³-hybridized carbons (Fsp3) is 1.00. The third-order valence-corrected chi connectivity index (χ3v) is 6.26. The van der Waals surface area contributed by atoms with Gasteiger partial charge in [0.25, 0.3) is 0 Å². The molecule has 3 rings (SSSR count). The summed E-state index contributed by atoms with van der Waals surface area (Å²) in [5.41, 5.74) is 0.323. The number of hydrogen-bond donors (Lipinski definition) is 1. The third-order valence-electron chi connectivity index (χ3n) is 6.26. The van der Waals surface area contributed by atoms with Crippen molar-refractivity contribution < 1.29 is 4.74 Å². The minimum Gasteiger partial charge on any atom is -0.377 e. The highest BCUT2D eigenvalue weighted by Crippen LogP contribution is 2.51. The topological polar surface area (TPSA) is 24.5 Å². The maximum atomic E-state index is 5.99. The van der Waals surface area contributed by atoms with E-state index in [2.05, 4.69) is 31.0 Å². The van der Waals surface area contributed by atoms with Gasteiger partial charge in [0.1, 0.15) is 0 Å². The summed E-state index contributed by atoms with van der Waals surface area (Å²) in [7, 11) is 0. The Kier molecular flexibility index (Phi) is 4.92. The fourth-order valence-electron chi connectivity index (χ4n) is 4.97. The molecule has 2 saturated heterocycles. The lowest BCUT2D eigenvalue weighted by Crippen LogP contribution is -2.69. The Hall–Kier alpha value is -0.120. The summed E-state index contributed by atoms with van der Waals surface area (Å²) < 4.78 is 5.99. The first-order valence-electron chi connectivity index (χ1n) is 9.20. The lowest BCUT2D eigenvalue weighted by Gasteiger charge is -2.60. The largest absolute Gasteiger partial charge is 0.377 e. The van der Waals surface area contributed by atoms with E-state index in [-0.39, 0.29) is 0 Å². The van der Waals surface area contributed by atoms with E-state index in [0.717, 1.165) is 18.6 Å². The van der Waals surface area contributed by atoms with Crippen LogP contribution in [0.1, 0.15) is 59.3 Å². The predicted octanol–water partition coefficient (Wildman–Crippen LogP) is 3.04. The van der Waals surface area contributed by atoms with Gasteiger partial charge in [-0.3, -0.25) is 0 Å². The Morgan fingerprint density at radius 1 is 1.19 bits per heavy atom. The average Bonchev–Trinajstić information content (AvgIpc) is 2.48. The molecule has 0 radical (unpaired) electrons. The number of nitrogens with one attached hydrogen (secondary N) is 1. The van der Waals surface area contributed by atoms with Crippen LogP contribution in [0.2, 0.25) is 0 Å². The first-order chi connectivity index (χ1) is 10.1. The van der Waals surface area contributed by atoms with Gasteiger partial charge in [0.2, 0.25) is 0 Å². The van der Waals surface area contributed by atoms with Gasteiger partial charge < -0.3 is 15.0 Å². The van der Waals surface area contributed by atoms with Crippen LogP contribution in [0.4, 0.5) is 0 Å². The van der Waals surface area contributed by atoms with Crippen molar-refractivity contribution in [3.8, 4) is 0 Å². The quantitative estimate of drug-likeness (QED) is 0.789. The molecule has 0 bridgehead atoms. The molecule has 2 heterocycles. The van der Waals surface area contributed by atoms with Gasteiger partial charge in [0, 0.05) is 30.0 Å². The number of hydrogen-bond acceptors (Lipinski definition) is 3. The first-order valence-corrected chi connectivity index (χ1v) is 9.20. The van der Waals surface area contributed by atoms with Gasteiger partial charge in [0.05, 0.1) is 6.10 Å². The van der Waals surface area contributed by atoms with Gasteiger partial charge >= 0.3 is 0 Å². The second-order valence-corrected chi connectivity index (χ2v) is 8.08. The molecule has 0 amide bonds. The van der Waals surface area contributed by atoms with E-state index in [9.17, 15) is 0 Å². The second-order valence-electron chi connectivity index (χ2n) is 8.08. The summed E-state index contributed by atoms with van der Waals surface area (Å²) in [6.07, 6.45) is 8.62. The van der Waals surface area contributed by atoms with Crippen LogP contribution in [0.3, 0.4) is 0 Å². The van der Waals surface area contributed by atoms with Gasteiger partial charge in [-0.15, -0.1) is 0 Å². The molecule has 0 aromatic rings. The monoisotopic (exact) mass is 294 g/mol. The Morgan fingerprint density at radius 3 is 2.86 bits per heavy atom. The van der Waals surface area contributed by atoms with E-state index >= 15 is 0 Å². The zero-order chi connectivity index (χ0) is 14.9. The van der Waals surface area contributed by atoms with Gasteiger partial charge in [-0.05, 0) is 58.7 Å². The van der Waals surface area contributed by atoms with Crippen molar-refractivity contribution in [3.63, 3.8) is 0 Å². The van der Waals surface area contributed by atoms with Gasteiger partial charge in [-0.2, -0.15) is 0 Å². The van der Waals surface area contributed by atoms with Crippen molar-refractivity contribution in [1.29, 1.82) is 0 Å². The molecule has 122 valence electrons. The summed E-state index contributed by atoms with van der Waals surface area (Å²) in [5, 5.41) is 3.86. The molecule has 4 atom stereocenters. The molecule has 2 aliphatic heterocycles. The van der Waals surface area contributed by atoms with Crippen LogP contribution in [0.15, 0.2) is 0 Å². The van der Waals surface area contributed by atoms with E-state index in [1.54, 1.807) is 0 Å². The van der Waals surface area contributed by atoms with E-state index in [4.69, 9.17) is 4.74 Å². The summed E-state index contributed by atoms with van der Waals surface area (Å²) in [4.78, 5) is 2.68. The maximum absolute atomic E-state index is 5.99. The van der Waals surface area contributed by atoms with Gasteiger partial charge in [-0.1, -0.05) is 20.3 Å². The van der Waals surface area contributed by atoms with Crippen LogP contribution in [0.5, 0.6) is 0 Å². The maximum Gasteiger partial charge on any atom is 0.0684 e. The van der Waals surface area contributed by atoms with Crippen molar-refractivity contribution in [2.45, 2.75) is 77.5 Å². The van der Waals surface area contributed by atoms with E-state index < -0.39 is 0 Å². The first kappa shape index (κ1) is 15.8. The zero-order valence-corrected chi connectivity index (χ0v) is 14.2. The summed E-state index contributed by atoms with van der Waals surface area (Å²) in [6, 6.07) is 1.47. The second kappa shape index (κ2) is 6.55. The van der Waals surface area contributed by atoms with Crippen molar-refractivity contribution >= 4 is 0 Å². The normalized spacial score (nSPS) is 39.6. The van der Waals surface area contributed by atoms with Crippen LogP contribution >= 0.6 is 0 Å². The third kappa shape index (κ3) is 3.16. The predicted molar refractivity (Wildman–Crippen MR) is 87.5 cm³/mol. The molecule has 0 aromatic heterocycles. The molecule has 1 N–H and O–H groups in total. The number of fused-ring (bicyclic) bond motifs is 1. The zero-order valence-electron chi connectivity index (χ0n) is 14.2. The minimum atomic E-state index is 0.323. The molecular weight excluding hydrogens is 260 g/mol. The number of rotatable bonds is 5. The number of likely N-dealkylation sites (tertiary alicyclic amines) is 1. The Bertz CT molecular complexity index is 344. The highest BCUT2D eigenvalue weighted by Gasteiger charge is 2.57. The lowest BCUT2D eigenvalue weighted by atomic mass is 9.55. The average molecular weight is 294 g/mol. The molecule has 3 nitrogen and oxygen atoms in total. The van der Waals surface area contributed by atoms with Crippen molar-refractivity contribution in [1.82, 2.24) is 10.2 Å². The summed E-state index contributed by atoms with van der Waals surface area (Å²) >= 11 is 0. The smallest absolute Gasteiger partial charge is 0.0684 e. The standard InChI is InChI=1S/C18H34N2O/c1-14-8-4-5-11-20(14)12-7-10-19-16-15-9-6-13-21-17(15)18(16,2)3/h14-17,19H,4-13H2,1-3H3. The molecule has 4 unspecified atom stereocenters. The van der Waals surface area contributed by atoms with Crippen molar-refractivity contribution in [2.75, 3.05) is 26.2 Å². The Balaban J connectivity index is 1.39. The molecular formula is C18H34N2O. The highest BCUT2D eigenvalue weighted by molar-refractivity contribution is 5.10. The molecule has 0 aromatic carbocycles. The fourth-order valence-corrected chi connectivity index (χ4v) is 4.97. The van der Waals surface area contributed by atoms with Crippen molar-refractivity contribution in [3.05, 3.63) is 0 Å². The van der Waals surface area contributed by atoms with Crippen LogP contribution in [0.25, 0.3) is 0 Å². The van der Waals surface area contributed by atoms with Crippen molar-refractivity contribution in [2.24, 2.45) is 11.3 Å². The van der Waals surface area contributed by atoms with Crippen LogP contribution in [0, 0.1) is 11.3 Å². The summed E-state index contributed by atoms with van der Waals surface area (Å²) in [5.74, 6) is 0.766. The van der Waals surface area contributed by atoms with E-state index in [0.29, 0.717) is 17.6 Å². The Morgan fingerprint density at radius 2 is 2.05 bits per heavy atom. The molecule has 3 heteroatoms. The van der Waals surface area contributed by atoms with Gasteiger partial charge in [0.15, 0.2) is 0 Å². The molecule has 21 heavy (non-hydrogen) atoms. The number of nitrogens with zero attached hydrogens (tertiary/aromatic N) is 1. The number of piperidine rings is 1. The minimum absolute atomic E-state index is 0.323. The van der Waals surface area contributed by atoms with Crippen LogP contribution < -0.4 is 5.32 Å². The Labute approximate surface area is 130 Å². The van der Waals surface area contributed by atoms with Crippen LogP contribution in [-0.4, -0.2) is 49.3 Å². The SMILES string of the molecule is CC1CCCCN1CCCNC1C2CCCOC2C1(C)C. The molecule has 3 aliphatic rings. The molecule has 3 fully saturated rings. The summed E-state index contributed by atoms with van der Waals surface area (Å²) in [6.45, 7) is 11.9. The molecule has 0 spiro atoms. The van der Waals surface area contributed by atoms with Crippen LogP contribution in [-0.2, 0) is 4.74 Å².